The standard InChI is InChI=1S/C21H26N2O4S2/c1-22-13-6-5-7-16(22)12-14-23-18-8-3-4-9-20(18)29(26,27)21-11-10-17(15-19(21)23)28(2,24)25/h3-4,8-11,15-16H,5-7,12-14H2,1-2H3. The number of sulfone groups is 2. The average Bonchev–Trinajstić information content (AvgIpc) is 2.68. The van der Waals surface area contributed by atoms with Gasteiger partial charge in [0, 0.05) is 18.8 Å². The maximum Gasteiger partial charge on any atom is 0.210 e. The van der Waals surface area contributed by atoms with Crippen LogP contribution in [0.2, 0.25) is 0 Å². The second-order valence-corrected chi connectivity index (χ2v) is 11.8. The number of likely N-dealkylation sites (tertiary alicyclic amines) is 1. The summed E-state index contributed by atoms with van der Waals surface area (Å²) in [4.78, 5) is 4.91. The van der Waals surface area contributed by atoms with Crippen molar-refractivity contribution in [2.75, 3.05) is 31.3 Å². The molecule has 2 aromatic rings. The summed E-state index contributed by atoms with van der Waals surface area (Å²) in [7, 11) is -5.01. The van der Waals surface area contributed by atoms with Crippen LogP contribution in [0.3, 0.4) is 0 Å². The second-order valence-electron chi connectivity index (χ2n) is 7.94. The molecule has 2 heterocycles. The summed E-state index contributed by atoms with van der Waals surface area (Å²) in [5, 5.41) is 0. The predicted octanol–water partition coefficient (Wildman–Crippen LogP) is 3.25. The third-order valence-electron chi connectivity index (χ3n) is 5.99. The van der Waals surface area contributed by atoms with E-state index in [1.807, 2.05) is 11.0 Å². The lowest BCUT2D eigenvalue weighted by Gasteiger charge is -2.37. The highest BCUT2D eigenvalue weighted by molar-refractivity contribution is 7.92. The van der Waals surface area contributed by atoms with Crippen LogP contribution in [0, 0.1) is 0 Å². The Labute approximate surface area is 173 Å². The van der Waals surface area contributed by atoms with Crippen molar-refractivity contribution >= 4 is 31.0 Å². The van der Waals surface area contributed by atoms with Gasteiger partial charge in [0.25, 0.3) is 0 Å². The molecule has 0 amide bonds. The number of nitrogens with zero attached hydrogens (tertiary/aromatic N) is 2. The Hall–Kier alpha value is -1.90. The number of hydrogen-bond acceptors (Lipinski definition) is 6. The topological polar surface area (TPSA) is 74.8 Å². The molecule has 0 saturated carbocycles. The van der Waals surface area contributed by atoms with Crippen molar-refractivity contribution in [2.24, 2.45) is 0 Å². The van der Waals surface area contributed by atoms with Gasteiger partial charge < -0.3 is 9.80 Å². The van der Waals surface area contributed by atoms with E-state index in [-0.39, 0.29) is 14.7 Å². The first-order chi connectivity index (χ1) is 13.7. The first kappa shape index (κ1) is 20.4. The first-order valence-corrected chi connectivity index (χ1v) is 13.2. The molecule has 2 aromatic carbocycles. The molecule has 0 aliphatic carbocycles. The van der Waals surface area contributed by atoms with Gasteiger partial charge in [-0.15, -0.1) is 0 Å². The van der Waals surface area contributed by atoms with E-state index in [4.69, 9.17) is 0 Å². The molecule has 8 heteroatoms. The third-order valence-corrected chi connectivity index (χ3v) is 8.95. The van der Waals surface area contributed by atoms with E-state index in [1.54, 1.807) is 18.2 Å². The van der Waals surface area contributed by atoms with Crippen LogP contribution in [0.4, 0.5) is 11.4 Å². The van der Waals surface area contributed by atoms with Gasteiger partial charge in [0.05, 0.1) is 26.1 Å². The van der Waals surface area contributed by atoms with Crippen molar-refractivity contribution in [2.45, 2.75) is 46.4 Å². The van der Waals surface area contributed by atoms with Crippen LogP contribution in [-0.2, 0) is 19.7 Å². The Morgan fingerprint density at radius 3 is 2.48 bits per heavy atom. The molecular weight excluding hydrogens is 408 g/mol. The molecule has 2 aliphatic rings. The van der Waals surface area contributed by atoms with E-state index < -0.39 is 19.7 Å². The normalized spacial score (nSPS) is 21.4. The Bertz CT molecular complexity index is 1140. The molecule has 0 aromatic heterocycles. The third kappa shape index (κ3) is 3.69. The molecule has 0 radical (unpaired) electrons. The minimum atomic E-state index is -3.70. The minimum absolute atomic E-state index is 0.130. The quantitative estimate of drug-likeness (QED) is 0.735. The number of para-hydroxylation sites is 1. The van der Waals surface area contributed by atoms with Crippen molar-refractivity contribution in [1.82, 2.24) is 4.90 Å². The Morgan fingerprint density at radius 1 is 1.03 bits per heavy atom. The summed E-state index contributed by atoms with van der Waals surface area (Å²) in [6, 6.07) is 11.7. The second kappa shape index (κ2) is 7.41. The highest BCUT2D eigenvalue weighted by atomic mass is 32.2. The molecule has 0 spiro atoms. The number of benzene rings is 2. The number of hydrogen-bond donors (Lipinski definition) is 0. The summed E-state index contributed by atoms with van der Waals surface area (Å²) in [5.74, 6) is 0. The number of anilines is 2. The zero-order valence-corrected chi connectivity index (χ0v) is 18.3. The molecule has 4 rings (SSSR count). The van der Waals surface area contributed by atoms with Gasteiger partial charge in [-0.25, -0.2) is 16.8 Å². The van der Waals surface area contributed by atoms with Crippen molar-refractivity contribution in [3.63, 3.8) is 0 Å². The molecule has 1 fully saturated rings. The Balaban J connectivity index is 1.80. The summed E-state index contributed by atoms with van der Waals surface area (Å²) < 4.78 is 50.6. The van der Waals surface area contributed by atoms with Crippen molar-refractivity contribution in [1.29, 1.82) is 0 Å². The Morgan fingerprint density at radius 2 is 1.76 bits per heavy atom. The summed E-state index contributed by atoms with van der Waals surface area (Å²) >= 11 is 0. The van der Waals surface area contributed by atoms with Crippen LogP contribution in [-0.4, -0.2) is 54.2 Å². The van der Waals surface area contributed by atoms with E-state index in [0.717, 1.165) is 25.6 Å². The van der Waals surface area contributed by atoms with Gasteiger partial charge in [-0.2, -0.15) is 0 Å². The van der Waals surface area contributed by atoms with Crippen LogP contribution in [0.5, 0.6) is 0 Å². The minimum Gasteiger partial charge on any atom is -0.339 e. The van der Waals surface area contributed by atoms with Crippen molar-refractivity contribution < 1.29 is 16.8 Å². The highest BCUT2D eigenvalue weighted by Crippen LogP contribution is 2.45. The molecule has 156 valence electrons. The SMILES string of the molecule is CN1CCCCC1CCN1c2ccccc2S(=O)(=O)c2ccc(S(C)(=O)=O)cc21. The van der Waals surface area contributed by atoms with Crippen LogP contribution in [0.25, 0.3) is 0 Å². The summed E-state index contributed by atoms with van der Waals surface area (Å²) in [5.41, 5.74) is 1.06. The lowest BCUT2D eigenvalue weighted by atomic mass is 9.99. The van der Waals surface area contributed by atoms with E-state index in [2.05, 4.69) is 11.9 Å². The van der Waals surface area contributed by atoms with E-state index in [0.29, 0.717) is 24.0 Å². The zero-order chi connectivity index (χ0) is 20.8. The van der Waals surface area contributed by atoms with Crippen LogP contribution < -0.4 is 4.90 Å². The van der Waals surface area contributed by atoms with Gasteiger partial charge in [0.2, 0.25) is 9.84 Å². The van der Waals surface area contributed by atoms with Gasteiger partial charge in [-0.1, -0.05) is 18.6 Å². The van der Waals surface area contributed by atoms with E-state index >= 15 is 0 Å². The zero-order valence-electron chi connectivity index (χ0n) is 16.7. The van der Waals surface area contributed by atoms with E-state index in [1.165, 1.54) is 31.0 Å². The molecule has 1 saturated heterocycles. The molecule has 1 unspecified atom stereocenters. The summed E-state index contributed by atoms with van der Waals surface area (Å²) in [6.07, 6.45) is 5.56. The molecule has 2 aliphatic heterocycles. The molecule has 1 atom stereocenters. The monoisotopic (exact) mass is 434 g/mol. The maximum absolute atomic E-state index is 13.2. The van der Waals surface area contributed by atoms with Crippen LogP contribution in [0.15, 0.2) is 57.2 Å². The summed E-state index contributed by atoms with van der Waals surface area (Å²) in [6.45, 7) is 1.70. The van der Waals surface area contributed by atoms with Gasteiger partial charge in [-0.05, 0) is 63.2 Å². The molecule has 6 nitrogen and oxygen atoms in total. The number of fused-ring (bicyclic) bond motifs is 2. The molecule has 29 heavy (non-hydrogen) atoms. The van der Waals surface area contributed by atoms with E-state index in [9.17, 15) is 16.8 Å². The van der Waals surface area contributed by atoms with Gasteiger partial charge in [0.1, 0.15) is 0 Å². The smallest absolute Gasteiger partial charge is 0.210 e. The van der Waals surface area contributed by atoms with Gasteiger partial charge >= 0.3 is 0 Å². The predicted molar refractivity (Wildman–Crippen MR) is 113 cm³/mol. The molecule has 0 bridgehead atoms. The fourth-order valence-corrected chi connectivity index (χ4v) is 6.63. The van der Waals surface area contributed by atoms with Crippen LogP contribution in [0.1, 0.15) is 25.7 Å². The first-order valence-electron chi connectivity index (χ1n) is 9.85. The van der Waals surface area contributed by atoms with Crippen molar-refractivity contribution in [3.05, 3.63) is 42.5 Å². The Kier molecular flexibility index (Phi) is 5.21. The van der Waals surface area contributed by atoms with Crippen molar-refractivity contribution in [3.8, 4) is 0 Å². The fourth-order valence-electron chi connectivity index (χ4n) is 4.35. The average molecular weight is 435 g/mol. The fraction of sp³-hybridized carbons (Fsp3) is 0.429. The number of piperidine rings is 1. The lowest BCUT2D eigenvalue weighted by molar-refractivity contribution is 0.178. The van der Waals surface area contributed by atoms with Crippen LogP contribution >= 0.6 is 0 Å². The molecular formula is C21H26N2O4S2. The largest absolute Gasteiger partial charge is 0.339 e. The maximum atomic E-state index is 13.2. The molecule has 0 N–H and O–H groups in total. The van der Waals surface area contributed by atoms with Gasteiger partial charge in [-0.3, -0.25) is 0 Å². The highest BCUT2D eigenvalue weighted by Gasteiger charge is 2.35. The number of rotatable bonds is 4. The van der Waals surface area contributed by atoms with Gasteiger partial charge in [0.15, 0.2) is 9.84 Å². The lowest BCUT2D eigenvalue weighted by Crippen LogP contribution is -2.39.